The maximum absolute atomic E-state index is 13.3. The molecular weight excluding hydrogens is 420 g/mol. The number of rotatable bonds is 5. The van der Waals surface area contributed by atoms with E-state index in [-0.39, 0.29) is 11.5 Å². The van der Waals surface area contributed by atoms with Crippen molar-refractivity contribution in [1.82, 2.24) is 19.6 Å². The molecule has 0 spiro atoms. The summed E-state index contributed by atoms with van der Waals surface area (Å²) in [7, 11) is 0. The minimum absolute atomic E-state index is 0.112. The third-order valence-electron chi connectivity index (χ3n) is 6.13. The number of piperidine rings is 1. The van der Waals surface area contributed by atoms with E-state index in [1.165, 1.54) is 36.2 Å². The fourth-order valence-corrected chi connectivity index (χ4v) is 5.19. The van der Waals surface area contributed by atoms with Crippen LogP contribution in [0.1, 0.15) is 35.2 Å². The van der Waals surface area contributed by atoms with Gasteiger partial charge in [0, 0.05) is 24.0 Å². The first-order valence-corrected chi connectivity index (χ1v) is 12.0. The van der Waals surface area contributed by atoms with Crippen molar-refractivity contribution in [3.05, 3.63) is 69.3 Å². The lowest BCUT2D eigenvalue weighted by Gasteiger charge is -2.26. The molecule has 1 saturated heterocycles. The van der Waals surface area contributed by atoms with E-state index in [4.69, 9.17) is 4.98 Å². The summed E-state index contributed by atoms with van der Waals surface area (Å²) in [6.07, 6.45) is 3.78. The van der Waals surface area contributed by atoms with Gasteiger partial charge in [0.2, 0.25) is 0 Å². The third-order valence-corrected chi connectivity index (χ3v) is 6.95. The molecule has 3 heterocycles. The van der Waals surface area contributed by atoms with E-state index in [9.17, 15) is 9.59 Å². The first-order chi connectivity index (χ1) is 15.6. The highest BCUT2D eigenvalue weighted by Crippen LogP contribution is 2.25. The zero-order valence-corrected chi connectivity index (χ0v) is 19.0. The van der Waals surface area contributed by atoms with Crippen LogP contribution >= 0.6 is 11.3 Å². The van der Waals surface area contributed by atoms with Crippen molar-refractivity contribution < 1.29 is 4.79 Å². The number of hydrogen-bond donors (Lipinski definition) is 1. The van der Waals surface area contributed by atoms with Crippen molar-refractivity contribution >= 4 is 33.1 Å². The molecular formula is C25H26N4O2S. The molecule has 0 saturated carbocycles. The van der Waals surface area contributed by atoms with Gasteiger partial charge in [0.05, 0.1) is 16.6 Å². The number of nitrogens with zero attached hydrogens (tertiary/aromatic N) is 3. The summed E-state index contributed by atoms with van der Waals surface area (Å²) < 4.78 is 1.66. The van der Waals surface area contributed by atoms with Gasteiger partial charge in [-0.15, -0.1) is 11.3 Å². The Morgan fingerprint density at radius 1 is 1.09 bits per heavy atom. The number of benzene rings is 2. The Hall–Kier alpha value is -3.03. The molecule has 0 bridgehead atoms. The number of thiazole rings is 1. The topological polar surface area (TPSA) is 66.7 Å². The molecule has 0 unspecified atom stereocenters. The molecule has 4 aromatic rings. The average Bonchev–Trinajstić information content (AvgIpc) is 3.24. The minimum atomic E-state index is -0.127. The number of hydrogen-bond acceptors (Lipinski definition) is 5. The molecule has 0 radical (unpaired) electrons. The van der Waals surface area contributed by atoms with Gasteiger partial charge in [-0.05, 0) is 56.6 Å². The van der Waals surface area contributed by atoms with Crippen molar-refractivity contribution in [3.63, 3.8) is 0 Å². The van der Waals surface area contributed by atoms with E-state index in [1.807, 2.05) is 36.6 Å². The molecule has 1 amide bonds. The monoisotopic (exact) mass is 446 g/mol. The number of fused-ring (bicyclic) bond motifs is 2. The van der Waals surface area contributed by atoms with E-state index in [2.05, 4.69) is 10.2 Å². The van der Waals surface area contributed by atoms with E-state index in [1.54, 1.807) is 22.6 Å². The summed E-state index contributed by atoms with van der Waals surface area (Å²) in [6, 6.07) is 13.3. The lowest BCUT2D eigenvalue weighted by molar-refractivity contribution is 0.0946. The van der Waals surface area contributed by atoms with Gasteiger partial charge in [0.1, 0.15) is 0 Å². The molecule has 7 heteroatoms. The lowest BCUT2D eigenvalue weighted by atomic mass is 10.1. The van der Waals surface area contributed by atoms with Crippen LogP contribution in [0.25, 0.3) is 27.1 Å². The average molecular weight is 447 g/mol. The summed E-state index contributed by atoms with van der Waals surface area (Å²) in [5.74, 6) is -0.127. The molecule has 32 heavy (non-hydrogen) atoms. The van der Waals surface area contributed by atoms with E-state index in [0.29, 0.717) is 28.0 Å². The number of amides is 1. The van der Waals surface area contributed by atoms with Gasteiger partial charge >= 0.3 is 0 Å². The van der Waals surface area contributed by atoms with Crippen LogP contribution in [-0.4, -0.2) is 46.4 Å². The quantitative estimate of drug-likeness (QED) is 0.501. The summed E-state index contributed by atoms with van der Waals surface area (Å²) in [4.78, 5) is 33.6. The van der Waals surface area contributed by atoms with Gasteiger partial charge in [0.15, 0.2) is 4.96 Å². The molecule has 0 atom stereocenters. The van der Waals surface area contributed by atoms with Crippen LogP contribution in [0.15, 0.2) is 52.6 Å². The maximum Gasteiger partial charge on any atom is 0.266 e. The predicted octanol–water partition coefficient (Wildman–Crippen LogP) is 4.10. The first kappa shape index (κ1) is 20.8. The Balaban J connectivity index is 1.40. The van der Waals surface area contributed by atoms with Gasteiger partial charge in [0.25, 0.3) is 11.5 Å². The van der Waals surface area contributed by atoms with Crippen LogP contribution in [0.2, 0.25) is 0 Å². The predicted molar refractivity (Wildman–Crippen MR) is 130 cm³/mol. The highest BCUT2D eigenvalue weighted by atomic mass is 32.1. The van der Waals surface area contributed by atoms with Gasteiger partial charge in [-0.25, -0.2) is 4.98 Å². The molecule has 2 aromatic heterocycles. The molecule has 0 aliphatic carbocycles. The van der Waals surface area contributed by atoms with Crippen LogP contribution in [0.3, 0.4) is 0 Å². The van der Waals surface area contributed by atoms with Crippen molar-refractivity contribution in [3.8, 4) is 11.3 Å². The zero-order valence-electron chi connectivity index (χ0n) is 18.1. The van der Waals surface area contributed by atoms with Crippen molar-refractivity contribution in [2.75, 3.05) is 26.2 Å². The number of nitrogens with one attached hydrogen (secondary N) is 1. The Morgan fingerprint density at radius 3 is 2.66 bits per heavy atom. The second-order valence-corrected chi connectivity index (χ2v) is 9.25. The number of aryl methyl sites for hydroxylation is 1. The van der Waals surface area contributed by atoms with Gasteiger partial charge in [-0.3, -0.25) is 14.0 Å². The second kappa shape index (κ2) is 8.84. The van der Waals surface area contributed by atoms with Crippen LogP contribution in [0.5, 0.6) is 0 Å². The molecule has 1 aliphatic rings. The third kappa shape index (κ3) is 4.06. The Bertz CT molecular complexity index is 1330. The van der Waals surface area contributed by atoms with Crippen LogP contribution in [0.4, 0.5) is 0 Å². The zero-order chi connectivity index (χ0) is 22.1. The molecule has 164 valence electrons. The summed E-state index contributed by atoms with van der Waals surface area (Å²) >= 11 is 1.43. The summed E-state index contributed by atoms with van der Waals surface area (Å²) in [5.41, 5.74) is 3.96. The molecule has 5 rings (SSSR count). The Labute approximate surface area is 190 Å². The summed E-state index contributed by atoms with van der Waals surface area (Å²) in [6.45, 7) is 5.76. The highest BCUT2D eigenvalue weighted by molar-refractivity contribution is 7.15. The summed E-state index contributed by atoms with van der Waals surface area (Å²) in [5, 5.41) is 5.48. The normalized spacial score (nSPS) is 14.8. The number of aromatic nitrogens is 2. The fourth-order valence-electron chi connectivity index (χ4n) is 4.29. The van der Waals surface area contributed by atoms with E-state index < -0.39 is 0 Å². The van der Waals surface area contributed by atoms with Crippen molar-refractivity contribution in [1.29, 1.82) is 0 Å². The van der Waals surface area contributed by atoms with Gasteiger partial charge in [-0.2, -0.15) is 0 Å². The molecule has 2 aromatic carbocycles. The van der Waals surface area contributed by atoms with Crippen molar-refractivity contribution in [2.45, 2.75) is 26.2 Å². The van der Waals surface area contributed by atoms with Crippen LogP contribution < -0.4 is 10.9 Å². The van der Waals surface area contributed by atoms with Gasteiger partial charge < -0.3 is 10.2 Å². The van der Waals surface area contributed by atoms with E-state index >= 15 is 0 Å². The molecule has 1 fully saturated rings. The SMILES string of the molecule is Cc1ccc(-c2csc3nc4cc(C(=O)NCCN5CCCCC5)ccc4c(=O)n23)cc1. The van der Waals surface area contributed by atoms with Crippen molar-refractivity contribution in [2.24, 2.45) is 0 Å². The molecule has 6 nitrogen and oxygen atoms in total. The standard InChI is InChI=1S/C25H26N4O2S/c1-17-5-7-18(8-6-17)22-16-32-25-27-21-15-19(9-10-20(21)24(31)29(22)25)23(30)26-11-14-28-12-3-2-4-13-28/h5-10,15-16H,2-4,11-14H2,1H3,(H,26,30). The maximum atomic E-state index is 13.3. The highest BCUT2D eigenvalue weighted by Gasteiger charge is 2.15. The Kier molecular flexibility index (Phi) is 5.76. The Morgan fingerprint density at radius 2 is 1.88 bits per heavy atom. The largest absolute Gasteiger partial charge is 0.351 e. The fraction of sp³-hybridized carbons (Fsp3) is 0.320. The minimum Gasteiger partial charge on any atom is -0.351 e. The van der Waals surface area contributed by atoms with Crippen LogP contribution in [0, 0.1) is 6.92 Å². The smallest absolute Gasteiger partial charge is 0.266 e. The molecule has 1 aliphatic heterocycles. The lowest BCUT2D eigenvalue weighted by Crippen LogP contribution is -2.37. The second-order valence-electron chi connectivity index (χ2n) is 8.41. The number of carbonyl (C=O) groups is 1. The van der Waals surface area contributed by atoms with E-state index in [0.717, 1.165) is 30.9 Å². The van der Waals surface area contributed by atoms with Crippen LogP contribution in [-0.2, 0) is 0 Å². The van der Waals surface area contributed by atoms with Gasteiger partial charge in [-0.1, -0.05) is 36.2 Å². The number of carbonyl (C=O) groups excluding carboxylic acids is 1. The first-order valence-electron chi connectivity index (χ1n) is 11.1. The number of likely N-dealkylation sites (tertiary alicyclic amines) is 1. The molecule has 1 N–H and O–H groups in total.